The van der Waals surface area contributed by atoms with E-state index in [0.29, 0.717) is 11.5 Å². The maximum atomic E-state index is 6.39. The average Bonchev–Trinajstić information content (AvgIpc) is 2.71. The molecule has 1 aliphatic rings. The van der Waals surface area contributed by atoms with Gasteiger partial charge in [-0.15, -0.1) is 0 Å². The lowest BCUT2D eigenvalue weighted by Crippen LogP contribution is -2.42. The van der Waals surface area contributed by atoms with Crippen molar-refractivity contribution in [1.29, 1.82) is 0 Å². The Morgan fingerprint density at radius 1 is 1.45 bits per heavy atom. The Kier molecular flexibility index (Phi) is 5.56. The zero-order valence-corrected chi connectivity index (χ0v) is 15.0. The Bertz CT molecular complexity index is 458. The summed E-state index contributed by atoms with van der Waals surface area (Å²) in [6, 6.07) is 6.76. The van der Waals surface area contributed by atoms with Gasteiger partial charge in [0.15, 0.2) is 0 Å². The molecule has 1 saturated carbocycles. The van der Waals surface area contributed by atoms with Crippen LogP contribution in [0.2, 0.25) is 5.02 Å². The van der Waals surface area contributed by atoms with Gasteiger partial charge in [-0.3, -0.25) is 0 Å². The predicted molar refractivity (Wildman–Crippen MR) is 91.4 cm³/mol. The Hall–Kier alpha value is -0.0500. The first-order valence-electron chi connectivity index (χ1n) is 7.61. The van der Waals surface area contributed by atoms with Gasteiger partial charge < -0.3 is 5.32 Å². The van der Waals surface area contributed by atoms with Gasteiger partial charge in [0, 0.05) is 15.5 Å². The maximum absolute atomic E-state index is 6.39. The molecule has 0 spiro atoms. The highest BCUT2D eigenvalue weighted by molar-refractivity contribution is 9.10. The summed E-state index contributed by atoms with van der Waals surface area (Å²) in [5.74, 6) is 0.738. The Morgan fingerprint density at radius 2 is 2.20 bits per heavy atom. The van der Waals surface area contributed by atoms with Crippen LogP contribution in [-0.2, 0) is 6.42 Å². The van der Waals surface area contributed by atoms with Crippen molar-refractivity contribution in [3.05, 3.63) is 33.3 Å². The fraction of sp³-hybridized carbons (Fsp3) is 0.647. The molecule has 20 heavy (non-hydrogen) atoms. The van der Waals surface area contributed by atoms with Crippen LogP contribution >= 0.6 is 27.5 Å². The molecule has 0 saturated heterocycles. The normalized spacial score (nSPS) is 22.9. The summed E-state index contributed by atoms with van der Waals surface area (Å²) >= 11 is 9.87. The third-order valence-electron chi connectivity index (χ3n) is 4.75. The summed E-state index contributed by atoms with van der Waals surface area (Å²) in [5.41, 5.74) is 1.69. The second kappa shape index (κ2) is 6.81. The molecule has 112 valence electrons. The predicted octanol–water partition coefficient (Wildman–Crippen LogP) is 5.45. The molecule has 2 unspecified atom stereocenters. The van der Waals surface area contributed by atoms with Crippen LogP contribution in [0.3, 0.4) is 0 Å². The number of hydrogen-bond donors (Lipinski definition) is 1. The van der Waals surface area contributed by atoms with Crippen molar-refractivity contribution in [2.45, 2.75) is 52.5 Å². The fourth-order valence-electron chi connectivity index (χ4n) is 3.64. The number of nitrogens with one attached hydrogen (secondary N) is 1. The highest BCUT2D eigenvalue weighted by atomic mass is 79.9. The van der Waals surface area contributed by atoms with E-state index < -0.39 is 0 Å². The van der Waals surface area contributed by atoms with E-state index >= 15 is 0 Å². The molecule has 1 aromatic rings. The topological polar surface area (TPSA) is 12.0 Å². The van der Waals surface area contributed by atoms with Crippen molar-refractivity contribution in [2.75, 3.05) is 6.54 Å². The van der Waals surface area contributed by atoms with Crippen LogP contribution in [0.15, 0.2) is 22.7 Å². The van der Waals surface area contributed by atoms with E-state index in [1.54, 1.807) is 0 Å². The van der Waals surface area contributed by atoms with Crippen LogP contribution in [0.1, 0.15) is 45.6 Å². The highest BCUT2D eigenvalue weighted by Gasteiger charge is 2.39. The first-order valence-corrected chi connectivity index (χ1v) is 8.78. The second-order valence-corrected chi connectivity index (χ2v) is 7.91. The van der Waals surface area contributed by atoms with Gasteiger partial charge in [-0.2, -0.15) is 0 Å². The van der Waals surface area contributed by atoms with E-state index in [1.807, 2.05) is 6.07 Å². The van der Waals surface area contributed by atoms with Crippen LogP contribution < -0.4 is 5.32 Å². The summed E-state index contributed by atoms with van der Waals surface area (Å²) < 4.78 is 1.05. The smallest absolute Gasteiger partial charge is 0.0449 e. The molecule has 3 heteroatoms. The summed E-state index contributed by atoms with van der Waals surface area (Å²) in [7, 11) is 0. The lowest BCUT2D eigenvalue weighted by molar-refractivity contribution is 0.197. The van der Waals surface area contributed by atoms with E-state index in [-0.39, 0.29) is 0 Å². The Balaban J connectivity index is 2.17. The molecule has 0 aliphatic heterocycles. The molecule has 0 amide bonds. The van der Waals surface area contributed by atoms with E-state index in [1.165, 1.54) is 24.8 Å². The van der Waals surface area contributed by atoms with Crippen molar-refractivity contribution < 1.29 is 0 Å². The maximum Gasteiger partial charge on any atom is 0.0449 e. The van der Waals surface area contributed by atoms with Gasteiger partial charge in [-0.1, -0.05) is 60.8 Å². The lowest BCUT2D eigenvalue weighted by atomic mass is 9.76. The Labute approximate surface area is 136 Å². The molecule has 0 heterocycles. The SMILES string of the molecule is CCNC(Cc1ccc(Br)cc1Cl)C1CCCC1(C)C. The standard InChI is InChI=1S/C17H25BrClN/c1-4-20-16(14-6-5-9-17(14,2)3)10-12-7-8-13(18)11-15(12)19/h7-8,11,14,16,20H,4-6,9-10H2,1-3H3. The minimum absolute atomic E-state index is 0.439. The van der Waals surface area contributed by atoms with Crippen LogP contribution in [-0.4, -0.2) is 12.6 Å². The second-order valence-electron chi connectivity index (χ2n) is 6.59. The number of rotatable bonds is 5. The molecule has 0 bridgehead atoms. The van der Waals surface area contributed by atoms with Gasteiger partial charge in [0.2, 0.25) is 0 Å². The molecule has 1 fully saturated rings. The largest absolute Gasteiger partial charge is 0.314 e. The van der Waals surface area contributed by atoms with Crippen LogP contribution in [0.25, 0.3) is 0 Å². The van der Waals surface area contributed by atoms with Crippen LogP contribution in [0.5, 0.6) is 0 Å². The van der Waals surface area contributed by atoms with Crippen molar-refractivity contribution in [3.8, 4) is 0 Å². The van der Waals surface area contributed by atoms with Crippen LogP contribution in [0.4, 0.5) is 0 Å². The van der Waals surface area contributed by atoms with Crippen LogP contribution in [0, 0.1) is 11.3 Å². The third-order valence-corrected chi connectivity index (χ3v) is 5.59. The zero-order valence-electron chi connectivity index (χ0n) is 12.7. The van der Waals surface area contributed by atoms with Gasteiger partial charge in [0.05, 0.1) is 0 Å². The molecule has 2 atom stereocenters. The first-order chi connectivity index (χ1) is 9.44. The number of benzene rings is 1. The minimum Gasteiger partial charge on any atom is -0.314 e. The Morgan fingerprint density at radius 3 is 2.75 bits per heavy atom. The van der Waals surface area contributed by atoms with Gasteiger partial charge in [0.1, 0.15) is 0 Å². The fourth-order valence-corrected chi connectivity index (χ4v) is 4.39. The molecule has 1 nitrogen and oxygen atoms in total. The van der Waals surface area contributed by atoms with E-state index in [2.05, 4.69) is 54.2 Å². The zero-order chi connectivity index (χ0) is 14.8. The summed E-state index contributed by atoms with van der Waals surface area (Å²) in [5, 5.41) is 4.57. The highest BCUT2D eigenvalue weighted by Crippen LogP contribution is 2.45. The van der Waals surface area contributed by atoms with Crippen molar-refractivity contribution in [2.24, 2.45) is 11.3 Å². The molecule has 1 N–H and O–H groups in total. The summed E-state index contributed by atoms with van der Waals surface area (Å²) in [6.07, 6.45) is 5.05. The molecular weight excluding hydrogens is 334 g/mol. The molecule has 0 aromatic heterocycles. The van der Waals surface area contributed by atoms with E-state index in [0.717, 1.165) is 28.4 Å². The number of halogens is 2. The van der Waals surface area contributed by atoms with Gasteiger partial charge >= 0.3 is 0 Å². The molecular formula is C17H25BrClN. The minimum atomic E-state index is 0.439. The number of hydrogen-bond acceptors (Lipinski definition) is 1. The van der Waals surface area contributed by atoms with E-state index in [9.17, 15) is 0 Å². The molecule has 1 aliphatic carbocycles. The van der Waals surface area contributed by atoms with Crippen molar-refractivity contribution in [1.82, 2.24) is 5.32 Å². The number of likely N-dealkylation sites (N-methyl/N-ethyl adjacent to an activating group) is 1. The van der Waals surface area contributed by atoms with Crippen molar-refractivity contribution >= 4 is 27.5 Å². The lowest BCUT2D eigenvalue weighted by Gasteiger charge is -2.35. The van der Waals surface area contributed by atoms with Gasteiger partial charge in [-0.25, -0.2) is 0 Å². The summed E-state index contributed by atoms with van der Waals surface area (Å²) in [6.45, 7) is 8.04. The first kappa shape index (κ1) is 16.3. The van der Waals surface area contributed by atoms with Gasteiger partial charge in [0.25, 0.3) is 0 Å². The van der Waals surface area contributed by atoms with Gasteiger partial charge in [-0.05, 0) is 54.8 Å². The summed E-state index contributed by atoms with van der Waals surface area (Å²) in [4.78, 5) is 0. The monoisotopic (exact) mass is 357 g/mol. The quantitative estimate of drug-likeness (QED) is 0.738. The average molecular weight is 359 g/mol. The molecule has 1 aromatic carbocycles. The van der Waals surface area contributed by atoms with Crippen molar-refractivity contribution in [3.63, 3.8) is 0 Å². The van der Waals surface area contributed by atoms with E-state index in [4.69, 9.17) is 11.6 Å². The third kappa shape index (κ3) is 3.78. The molecule has 2 rings (SSSR count). The molecule has 0 radical (unpaired) electrons.